The van der Waals surface area contributed by atoms with E-state index in [0.29, 0.717) is 13.0 Å². The Kier molecular flexibility index (Phi) is 6.17. The van der Waals surface area contributed by atoms with Gasteiger partial charge in [0.25, 0.3) is 0 Å². The topological polar surface area (TPSA) is 69.6 Å². The zero-order valence-electron chi connectivity index (χ0n) is 12.7. The third-order valence-corrected chi connectivity index (χ3v) is 3.54. The Morgan fingerprint density at radius 2 is 1.80 bits per heavy atom. The van der Waals surface area contributed by atoms with Crippen LogP contribution in [0, 0.1) is 20.8 Å². The zero-order chi connectivity index (χ0) is 15.3. The first-order valence-electron chi connectivity index (χ1n) is 7.04. The van der Waals surface area contributed by atoms with E-state index in [9.17, 15) is 9.90 Å². The number of benzene rings is 1. The molecule has 0 aliphatic heterocycles. The molecule has 20 heavy (non-hydrogen) atoms. The first kappa shape index (κ1) is 16.7. The van der Waals surface area contributed by atoms with Crippen LogP contribution in [0.25, 0.3) is 0 Å². The molecule has 1 aromatic carbocycles. The highest BCUT2D eigenvalue weighted by Gasteiger charge is 2.19. The smallest absolute Gasteiger partial charge is 0.303 e. The predicted molar refractivity (Wildman–Crippen MR) is 79.9 cm³/mol. The van der Waals surface area contributed by atoms with Gasteiger partial charge in [-0.15, -0.1) is 0 Å². The molecule has 0 amide bonds. The van der Waals surface area contributed by atoms with Gasteiger partial charge < -0.3 is 15.5 Å². The molecule has 3 N–H and O–H groups in total. The van der Waals surface area contributed by atoms with Gasteiger partial charge in [0.15, 0.2) is 0 Å². The summed E-state index contributed by atoms with van der Waals surface area (Å²) in [6.45, 7) is 8.58. The monoisotopic (exact) mass is 279 g/mol. The van der Waals surface area contributed by atoms with Gasteiger partial charge in [-0.3, -0.25) is 4.79 Å². The number of rotatable bonds is 7. The fourth-order valence-electron chi connectivity index (χ4n) is 2.59. The van der Waals surface area contributed by atoms with E-state index in [1.807, 2.05) is 27.7 Å². The molecule has 1 aromatic rings. The summed E-state index contributed by atoms with van der Waals surface area (Å²) < 4.78 is 0. The maximum Gasteiger partial charge on any atom is 0.303 e. The van der Waals surface area contributed by atoms with Gasteiger partial charge in [-0.1, -0.05) is 17.7 Å². The lowest BCUT2D eigenvalue weighted by Gasteiger charge is -2.24. The maximum absolute atomic E-state index is 10.5. The van der Waals surface area contributed by atoms with Crippen LogP contribution in [0.15, 0.2) is 12.1 Å². The summed E-state index contributed by atoms with van der Waals surface area (Å²) in [4.78, 5) is 10.4. The summed E-state index contributed by atoms with van der Waals surface area (Å²) in [5, 5.41) is 22.3. The molecule has 0 spiro atoms. The van der Waals surface area contributed by atoms with Crippen molar-refractivity contribution in [3.63, 3.8) is 0 Å². The van der Waals surface area contributed by atoms with E-state index in [0.717, 1.165) is 16.7 Å². The molecule has 4 nitrogen and oxygen atoms in total. The van der Waals surface area contributed by atoms with Gasteiger partial charge in [0.2, 0.25) is 0 Å². The van der Waals surface area contributed by atoms with E-state index in [1.165, 1.54) is 5.56 Å². The number of carboxylic acid groups (broad SMARTS) is 1. The van der Waals surface area contributed by atoms with Gasteiger partial charge in [-0.2, -0.15) is 0 Å². The average molecular weight is 279 g/mol. The number of aliphatic hydroxyl groups is 1. The number of nitrogens with one attached hydrogen (secondary N) is 1. The Morgan fingerprint density at radius 3 is 2.30 bits per heavy atom. The van der Waals surface area contributed by atoms with Gasteiger partial charge in [-0.25, -0.2) is 0 Å². The molecule has 2 unspecified atom stereocenters. The Hall–Kier alpha value is -1.39. The molecule has 0 aromatic heterocycles. The van der Waals surface area contributed by atoms with Crippen LogP contribution in [-0.4, -0.2) is 28.8 Å². The van der Waals surface area contributed by atoms with Crippen molar-refractivity contribution in [1.82, 2.24) is 5.32 Å². The van der Waals surface area contributed by atoms with Crippen molar-refractivity contribution in [2.45, 2.75) is 52.7 Å². The van der Waals surface area contributed by atoms with Crippen molar-refractivity contribution in [2.24, 2.45) is 0 Å². The standard InChI is InChI=1S/C16H25NO3/c1-10-8-11(2)15(12(3)9-10)16(20)13(4)17-7-5-6-14(18)19/h8-9,13,16-17,20H,5-7H2,1-4H3,(H,18,19). The largest absolute Gasteiger partial charge is 0.481 e. The SMILES string of the molecule is Cc1cc(C)c(C(O)C(C)NCCCC(=O)O)c(C)c1. The number of hydrogen-bond donors (Lipinski definition) is 3. The van der Waals surface area contributed by atoms with Gasteiger partial charge in [0.1, 0.15) is 0 Å². The second-order valence-corrected chi connectivity index (χ2v) is 5.50. The fourth-order valence-corrected chi connectivity index (χ4v) is 2.59. The summed E-state index contributed by atoms with van der Waals surface area (Å²) >= 11 is 0. The number of carboxylic acids is 1. The lowest BCUT2D eigenvalue weighted by atomic mass is 9.92. The second-order valence-electron chi connectivity index (χ2n) is 5.50. The first-order valence-corrected chi connectivity index (χ1v) is 7.04. The van der Waals surface area contributed by atoms with Gasteiger partial charge >= 0.3 is 5.97 Å². The molecular formula is C16H25NO3. The van der Waals surface area contributed by atoms with Gasteiger partial charge in [0.05, 0.1) is 6.10 Å². The lowest BCUT2D eigenvalue weighted by molar-refractivity contribution is -0.137. The molecule has 4 heteroatoms. The van der Waals surface area contributed by atoms with Crippen LogP contribution in [0.4, 0.5) is 0 Å². The molecule has 112 valence electrons. The number of aliphatic carboxylic acids is 1. The van der Waals surface area contributed by atoms with Gasteiger partial charge in [-0.05, 0) is 57.4 Å². The molecule has 0 saturated heterocycles. The molecule has 0 radical (unpaired) electrons. The van der Waals surface area contributed by atoms with Crippen LogP contribution in [0.5, 0.6) is 0 Å². The fraction of sp³-hybridized carbons (Fsp3) is 0.562. The maximum atomic E-state index is 10.5. The van der Waals surface area contributed by atoms with E-state index < -0.39 is 12.1 Å². The average Bonchev–Trinajstić information content (AvgIpc) is 2.32. The summed E-state index contributed by atoms with van der Waals surface area (Å²) in [5.74, 6) is -0.787. The molecule has 0 fully saturated rings. The molecular weight excluding hydrogens is 254 g/mol. The molecule has 1 rings (SSSR count). The Labute approximate surface area is 120 Å². The highest BCUT2D eigenvalue weighted by molar-refractivity contribution is 5.66. The van der Waals surface area contributed by atoms with Gasteiger partial charge in [0, 0.05) is 12.5 Å². The lowest BCUT2D eigenvalue weighted by Crippen LogP contribution is -2.33. The third kappa shape index (κ3) is 4.62. The van der Waals surface area contributed by atoms with E-state index in [2.05, 4.69) is 17.4 Å². The van der Waals surface area contributed by atoms with Crippen molar-refractivity contribution in [3.8, 4) is 0 Å². The third-order valence-electron chi connectivity index (χ3n) is 3.54. The predicted octanol–water partition coefficient (Wildman–Crippen LogP) is 2.49. The van der Waals surface area contributed by atoms with Crippen LogP contribution in [-0.2, 0) is 4.79 Å². The quantitative estimate of drug-likeness (QED) is 0.671. The van der Waals surface area contributed by atoms with Crippen LogP contribution in [0.1, 0.15) is 48.1 Å². The Bertz CT molecular complexity index is 448. The minimum Gasteiger partial charge on any atom is -0.481 e. The Balaban J connectivity index is 2.65. The summed E-state index contributed by atoms with van der Waals surface area (Å²) in [7, 11) is 0. The summed E-state index contributed by atoms with van der Waals surface area (Å²) in [6.07, 6.45) is 0.136. The second kappa shape index (κ2) is 7.41. The minimum absolute atomic E-state index is 0.107. The van der Waals surface area contributed by atoms with Crippen molar-refractivity contribution in [3.05, 3.63) is 34.4 Å². The van der Waals surface area contributed by atoms with Crippen molar-refractivity contribution >= 4 is 5.97 Å². The number of hydrogen-bond acceptors (Lipinski definition) is 3. The van der Waals surface area contributed by atoms with Crippen LogP contribution in [0.3, 0.4) is 0 Å². The van der Waals surface area contributed by atoms with Crippen molar-refractivity contribution in [1.29, 1.82) is 0 Å². The molecule has 0 aliphatic carbocycles. The van der Waals surface area contributed by atoms with Crippen LogP contribution < -0.4 is 5.32 Å². The van der Waals surface area contributed by atoms with Crippen LogP contribution >= 0.6 is 0 Å². The highest BCUT2D eigenvalue weighted by atomic mass is 16.4. The van der Waals surface area contributed by atoms with Crippen LogP contribution in [0.2, 0.25) is 0 Å². The van der Waals surface area contributed by atoms with E-state index in [1.54, 1.807) is 0 Å². The zero-order valence-corrected chi connectivity index (χ0v) is 12.7. The summed E-state index contributed by atoms with van der Waals surface area (Å²) in [6, 6.07) is 4.04. The molecule has 0 saturated carbocycles. The van der Waals surface area contributed by atoms with E-state index >= 15 is 0 Å². The number of aliphatic hydroxyl groups excluding tert-OH is 1. The molecule has 2 atom stereocenters. The summed E-state index contributed by atoms with van der Waals surface area (Å²) in [5.41, 5.74) is 4.34. The number of aryl methyl sites for hydroxylation is 3. The molecule has 0 aliphatic rings. The van der Waals surface area contributed by atoms with E-state index in [-0.39, 0.29) is 12.5 Å². The molecule has 0 heterocycles. The number of carbonyl (C=O) groups is 1. The Morgan fingerprint density at radius 1 is 1.25 bits per heavy atom. The van der Waals surface area contributed by atoms with Crippen molar-refractivity contribution < 1.29 is 15.0 Å². The first-order chi connectivity index (χ1) is 9.32. The molecule has 0 bridgehead atoms. The van der Waals surface area contributed by atoms with Crippen molar-refractivity contribution in [2.75, 3.05) is 6.54 Å². The highest BCUT2D eigenvalue weighted by Crippen LogP contribution is 2.25. The minimum atomic E-state index is -0.787. The normalized spacial score (nSPS) is 14.1. The van der Waals surface area contributed by atoms with E-state index in [4.69, 9.17) is 5.11 Å².